The number of benzene rings is 1. The first-order chi connectivity index (χ1) is 11.8. The molecule has 134 valence electrons. The van der Waals surface area contributed by atoms with Crippen molar-refractivity contribution in [2.45, 2.75) is 37.0 Å². The van der Waals surface area contributed by atoms with E-state index in [-0.39, 0.29) is 22.9 Å². The molecule has 3 N–H and O–H groups in total. The zero-order valence-electron chi connectivity index (χ0n) is 13.5. The van der Waals surface area contributed by atoms with Gasteiger partial charge in [0.2, 0.25) is 10.0 Å². The summed E-state index contributed by atoms with van der Waals surface area (Å²) in [5.74, 6) is -2.44. The quantitative estimate of drug-likeness (QED) is 0.748. The van der Waals surface area contributed by atoms with Crippen molar-refractivity contribution < 1.29 is 22.7 Å². The molecule has 2 aromatic rings. The Hall–Kier alpha value is -2.26. The molecular formula is C16H18FN3O4S. The van der Waals surface area contributed by atoms with E-state index in [2.05, 4.69) is 14.9 Å². The van der Waals surface area contributed by atoms with Crippen molar-refractivity contribution in [2.75, 3.05) is 6.54 Å². The minimum absolute atomic E-state index is 0.00207. The van der Waals surface area contributed by atoms with E-state index in [1.165, 1.54) is 6.92 Å². The number of halogens is 1. The number of hydrogen-bond acceptors (Lipinski definition) is 4. The molecule has 0 radical (unpaired) electrons. The molecule has 1 aromatic carbocycles. The molecular weight excluding hydrogens is 349 g/mol. The van der Waals surface area contributed by atoms with Gasteiger partial charge in [-0.1, -0.05) is 0 Å². The Morgan fingerprint density at radius 2 is 2.24 bits per heavy atom. The first kappa shape index (κ1) is 17.6. The monoisotopic (exact) mass is 367 g/mol. The number of aromatic nitrogens is 2. The molecule has 7 nitrogen and oxygen atoms in total. The lowest BCUT2D eigenvalue weighted by Crippen LogP contribution is -2.30. The van der Waals surface area contributed by atoms with Crippen LogP contribution in [0.2, 0.25) is 0 Å². The molecule has 0 fully saturated rings. The summed E-state index contributed by atoms with van der Waals surface area (Å²) >= 11 is 0. The summed E-state index contributed by atoms with van der Waals surface area (Å²) < 4.78 is 41.4. The highest BCUT2D eigenvalue weighted by atomic mass is 32.2. The summed E-state index contributed by atoms with van der Waals surface area (Å²) in [5.41, 5.74) is 1.32. The van der Waals surface area contributed by atoms with Crippen molar-refractivity contribution in [3.63, 3.8) is 0 Å². The summed E-state index contributed by atoms with van der Waals surface area (Å²) in [7, 11) is -3.95. The third kappa shape index (κ3) is 3.42. The minimum atomic E-state index is -3.95. The average molecular weight is 367 g/mol. The van der Waals surface area contributed by atoms with Crippen molar-refractivity contribution in [2.24, 2.45) is 0 Å². The summed E-state index contributed by atoms with van der Waals surface area (Å²) in [6.07, 6.45) is 4.36. The van der Waals surface area contributed by atoms with E-state index in [0.717, 1.165) is 42.7 Å². The molecule has 1 atom stereocenters. The lowest BCUT2D eigenvalue weighted by molar-refractivity contribution is 0.0691. The van der Waals surface area contributed by atoms with E-state index < -0.39 is 27.4 Å². The van der Waals surface area contributed by atoms with Gasteiger partial charge < -0.3 is 5.11 Å². The van der Waals surface area contributed by atoms with Gasteiger partial charge in [-0.05, 0) is 49.4 Å². The van der Waals surface area contributed by atoms with Crippen molar-refractivity contribution in [1.29, 1.82) is 0 Å². The first-order valence-electron chi connectivity index (χ1n) is 7.85. The number of sulfonamides is 1. The Balaban J connectivity index is 1.83. The molecule has 1 aromatic heterocycles. The molecule has 0 saturated heterocycles. The fourth-order valence-corrected chi connectivity index (χ4v) is 4.30. The lowest BCUT2D eigenvalue weighted by atomic mass is 9.87. The highest BCUT2D eigenvalue weighted by molar-refractivity contribution is 7.89. The number of hydrogen-bond donors (Lipinski definition) is 3. The molecule has 1 unspecified atom stereocenters. The summed E-state index contributed by atoms with van der Waals surface area (Å²) in [6.45, 7) is 1.51. The number of aryl methyl sites for hydroxylation is 2. The molecule has 0 saturated carbocycles. The van der Waals surface area contributed by atoms with Crippen LogP contribution in [0.4, 0.5) is 4.39 Å². The standard InChI is InChI=1S/C16H18FN3O4S/c1-9-5-11(6-12(15(9)17)16(21)22)25(23,24)19-7-10-3-2-4-14-13(10)8-18-20-14/h5-6,8,10,19H,2-4,7H2,1H3,(H,18,20)(H,21,22). The topological polar surface area (TPSA) is 112 Å². The molecule has 9 heteroatoms. The molecule has 0 bridgehead atoms. The second-order valence-electron chi connectivity index (χ2n) is 6.15. The van der Waals surface area contributed by atoms with Crippen LogP contribution in [0.1, 0.15) is 45.9 Å². The van der Waals surface area contributed by atoms with Gasteiger partial charge in [-0.25, -0.2) is 22.3 Å². The maximum Gasteiger partial charge on any atom is 0.338 e. The molecule has 0 spiro atoms. The SMILES string of the molecule is Cc1cc(S(=O)(=O)NCC2CCCc3[nH]ncc32)cc(C(=O)O)c1F. The number of rotatable bonds is 5. The van der Waals surface area contributed by atoms with Crippen molar-refractivity contribution >= 4 is 16.0 Å². The van der Waals surface area contributed by atoms with Crippen LogP contribution in [0, 0.1) is 12.7 Å². The average Bonchev–Trinajstić information content (AvgIpc) is 3.04. The minimum Gasteiger partial charge on any atom is -0.478 e. The molecule has 1 aliphatic carbocycles. The smallest absolute Gasteiger partial charge is 0.338 e. The van der Waals surface area contributed by atoms with Crippen LogP contribution in [0.5, 0.6) is 0 Å². The van der Waals surface area contributed by atoms with Crippen molar-refractivity contribution in [1.82, 2.24) is 14.9 Å². The van der Waals surface area contributed by atoms with E-state index in [1.54, 1.807) is 6.20 Å². The van der Waals surface area contributed by atoms with E-state index in [4.69, 9.17) is 5.11 Å². The summed E-state index contributed by atoms with van der Waals surface area (Å²) in [5, 5.41) is 15.9. The largest absolute Gasteiger partial charge is 0.478 e. The van der Waals surface area contributed by atoms with E-state index in [0.29, 0.717) is 0 Å². The predicted molar refractivity (Wildman–Crippen MR) is 87.6 cm³/mol. The number of nitrogens with zero attached hydrogens (tertiary/aromatic N) is 1. The molecule has 1 heterocycles. The van der Waals surface area contributed by atoms with Crippen LogP contribution < -0.4 is 4.72 Å². The number of aromatic amines is 1. The predicted octanol–water partition coefficient (Wildman–Crippen LogP) is 1.95. The number of carboxylic acid groups (broad SMARTS) is 1. The summed E-state index contributed by atoms with van der Waals surface area (Å²) in [4.78, 5) is 10.8. The van der Waals surface area contributed by atoms with Crippen LogP contribution in [-0.2, 0) is 16.4 Å². The normalized spacial score (nSPS) is 17.3. The maximum atomic E-state index is 13.8. The molecule has 0 aliphatic heterocycles. The van der Waals surface area contributed by atoms with Gasteiger partial charge >= 0.3 is 5.97 Å². The number of nitrogens with one attached hydrogen (secondary N) is 2. The van der Waals surface area contributed by atoms with Crippen LogP contribution >= 0.6 is 0 Å². The van der Waals surface area contributed by atoms with Gasteiger partial charge in [0.1, 0.15) is 5.82 Å². The second-order valence-corrected chi connectivity index (χ2v) is 7.92. The highest BCUT2D eigenvalue weighted by Gasteiger charge is 2.25. The van der Waals surface area contributed by atoms with Crippen LogP contribution in [0.25, 0.3) is 0 Å². The zero-order chi connectivity index (χ0) is 18.2. The Morgan fingerprint density at radius 3 is 2.96 bits per heavy atom. The third-order valence-electron chi connectivity index (χ3n) is 4.46. The van der Waals surface area contributed by atoms with Gasteiger partial charge in [0.05, 0.1) is 16.7 Å². The highest BCUT2D eigenvalue weighted by Crippen LogP contribution is 2.30. The summed E-state index contributed by atoms with van der Waals surface area (Å²) in [6, 6.07) is 1.98. The number of carboxylic acids is 1. The van der Waals surface area contributed by atoms with Crippen molar-refractivity contribution in [3.8, 4) is 0 Å². The second kappa shape index (κ2) is 6.57. The van der Waals surface area contributed by atoms with Crippen molar-refractivity contribution in [3.05, 3.63) is 46.5 Å². The van der Waals surface area contributed by atoms with Gasteiger partial charge in [0, 0.05) is 18.2 Å². The fourth-order valence-electron chi connectivity index (χ4n) is 3.11. The zero-order valence-corrected chi connectivity index (χ0v) is 14.4. The first-order valence-corrected chi connectivity index (χ1v) is 9.33. The maximum absolute atomic E-state index is 13.8. The lowest BCUT2D eigenvalue weighted by Gasteiger charge is -2.22. The number of carbonyl (C=O) groups is 1. The van der Waals surface area contributed by atoms with Gasteiger partial charge in [-0.15, -0.1) is 0 Å². The Labute approximate surface area is 144 Å². The van der Waals surface area contributed by atoms with Gasteiger partial charge in [0.25, 0.3) is 0 Å². The Bertz CT molecular complexity index is 923. The van der Waals surface area contributed by atoms with Crippen LogP contribution in [0.15, 0.2) is 23.2 Å². The molecule has 0 amide bonds. The number of fused-ring (bicyclic) bond motifs is 1. The third-order valence-corrected chi connectivity index (χ3v) is 5.86. The van der Waals surface area contributed by atoms with E-state index >= 15 is 0 Å². The fraction of sp³-hybridized carbons (Fsp3) is 0.375. The Kier molecular flexibility index (Phi) is 4.61. The van der Waals surface area contributed by atoms with Gasteiger partial charge in [-0.2, -0.15) is 5.10 Å². The molecule has 1 aliphatic rings. The van der Waals surface area contributed by atoms with E-state index in [1.807, 2.05) is 0 Å². The van der Waals surface area contributed by atoms with E-state index in [9.17, 15) is 17.6 Å². The van der Waals surface area contributed by atoms with Crippen LogP contribution in [-0.4, -0.2) is 36.2 Å². The Morgan fingerprint density at radius 1 is 1.48 bits per heavy atom. The number of H-pyrrole nitrogens is 1. The van der Waals surface area contributed by atoms with Gasteiger partial charge in [0.15, 0.2) is 0 Å². The number of aromatic carboxylic acids is 1. The van der Waals surface area contributed by atoms with Crippen LogP contribution in [0.3, 0.4) is 0 Å². The molecule has 25 heavy (non-hydrogen) atoms. The molecule has 3 rings (SSSR count). The van der Waals surface area contributed by atoms with Gasteiger partial charge in [-0.3, -0.25) is 5.10 Å².